The van der Waals surface area contributed by atoms with Crippen LogP contribution in [-0.2, 0) is 0 Å². The highest BCUT2D eigenvalue weighted by molar-refractivity contribution is 7.50. The van der Waals surface area contributed by atoms with Gasteiger partial charge in [0.1, 0.15) is 0 Å². The Morgan fingerprint density at radius 3 is 2.10 bits per heavy atom. The van der Waals surface area contributed by atoms with E-state index < -0.39 is 0 Å². The molecule has 0 bridgehead atoms. The molecule has 2 aromatic rings. The SMILES string of the molecule is CCCCN1c2cccc(Nc3c(C(C)C)cccc3C(C)C)c2PC1C(C)C. The molecule has 3 rings (SSSR count). The van der Waals surface area contributed by atoms with Gasteiger partial charge < -0.3 is 10.2 Å². The highest BCUT2D eigenvalue weighted by atomic mass is 31.1. The van der Waals surface area contributed by atoms with Gasteiger partial charge in [-0.2, -0.15) is 0 Å². The number of rotatable bonds is 8. The molecule has 1 aliphatic rings. The smallest absolute Gasteiger partial charge is 0.0525 e. The van der Waals surface area contributed by atoms with Crippen molar-refractivity contribution in [3.05, 3.63) is 47.5 Å². The van der Waals surface area contributed by atoms with E-state index in [-0.39, 0.29) is 0 Å². The molecule has 0 aromatic heterocycles. The Morgan fingerprint density at radius 1 is 0.931 bits per heavy atom. The van der Waals surface area contributed by atoms with Crippen molar-refractivity contribution in [1.82, 2.24) is 0 Å². The zero-order chi connectivity index (χ0) is 21.1. The molecule has 1 N–H and O–H groups in total. The second kappa shape index (κ2) is 9.52. The molecule has 1 heterocycles. The van der Waals surface area contributed by atoms with Crippen LogP contribution >= 0.6 is 8.58 Å². The number of anilines is 3. The van der Waals surface area contributed by atoms with Gasteiger partial charge in [-0.1, -0.05) is 87.7 Å². The van der Waals surface area contributed by atoms with E-state index in [2.05, 4.69) is 95.1 Å². The first-order valence-corrected chi connectivity index (χ1v) is 12.5. The van der Waals surface area contributed by atoms with Gasteiger partial charge in [0, 0.05) is 28.9 Å². The molecular formula is C26H39N2P. The van der Waals surface area contributed by atoms with Gasteiger partial charge in [-0.25, -0.2) is 0 Å². The molecular weight excluding hydrogens is 371 g/mol. The summed E-state index contributed by atoms with van der Waals surface area (Å²) in [7, 11) is 0.839. The molecule has 2 nitrogen and oxygen atoms in total. The third kappa shape index (κ3) is 4.64. The zero-order valence-electron chi connectivity index (χ0n) is 19.3. The molecule has 158 valence electrons. The normalized spacial score (nSPS) is 17.0. The number of unbranched alkanes of at least 4 members (excludes halogenated alkanes) is 1. The van der Waals surface area contributed by atoms with E-state index in [4.69, 9.17) is 0 Å². The summed E-state index contributed by atoms with van der Waals surface area (Å²) in [5, 5.41) is 5.44. The van der Waals surface area contributed by atoms with Crippen molar-refractivity contribution in [2.45, 2.75) is 78.9 Å². The molecule has 2 atom stereocenters. The molecule has 0 aliphatic carbocycles. The lowest BCUT2D eigenvalue weighted by atomic mass is 9.92. The zero-order valence-corrected chi connectivity index (χ0v) is 20.3. The summed E-state index contributed by atoms with van der Waals surface area (Å²) in [6.45, 7) is 17.4. The van der Waals surface area contributed by atoms with Gasteiger partial charge in [0.05, 0.1) is 5.78 Å². The van der Waals surface area contributed by atoms with Gasteiger partial charge in [-0.15, -0.1) is 0 Å². The largest absolute Gasteiger partial charge is 0.364 e. The summed E-state index contributed by atoms with van der Waals surface area (Å²) < 4.78 is 0. The second-order valence-corrected chi connectivity index (χ2v) is 10.7. The maximum Gasteiger partial charge on any atom is 0.0525 e. The van der Waals surface area contributed by atoms with Crippen LogP contribution in [0.1, 0.15) is 84.3 Å². The van der Waals surface area contributed by atoms with Crippen LogP contribution < -0.4 is 15.5 Å². The minimum absolute atomic E-state index is 0.500. The third-order valence-electron chi connectivity index (χ3n) is 6.00. The average molecular weight is 411 g/mol. The summed E-state index contributed by atoms with van der Waals surface area (Å²) in [6.07, 6.45) is 2.51. The van der Waals surface area contributed by atoms with Crippen molar-refractivity contribution >= 4 is 30.9 Å². The fourth-order valence-electron chi connectivity index (χ4n) is 4.36. The first-order chi connectivity index (χ1) is 13.8. The molecule has 0 radical (unpaired) electrons. The van der Waals surface area contributed by atoms with E-state index in [0.29, 0.717) is 23.5 Å². The summed E-state index contributed by atoms with van der Waals surface area (Å²) in [6, 6.07) is 13.6. The first kappa shape index (κ1) is 22.2. The van der Waals surface area contributed by atoms with Crippen LogP contribution in [0.25, 0.3) is 0 Å². The van der Waals surface area contributed by atoms with E-state index in [9.17, 15) is 0 Å². The molecule has 29 heavy (non-hydrogen) atoms. The van der Waals surface area contributed by atoms with Gasteiger partial charge in [0.2, 0.25) is 0 Å². The third-order valence-corrected chi connectivity index (χ3v) is 8.08. The van der Waals surface area contributed by atoms with Crippen molar-refractivity contribution in [3.63, 3.8) is 0 Å². The molecule has 1 aliphatic heterocycles. The highest BCUT2D eigenvalue weighted by Crippen LogP contribution is 2.45. The molecule has 0 saturated heterocycles. The number of hydrogen-bond acceptors (Lipinski definition) is 2. The number of hydrogen-bond donors (Lipinski definition) is 1. The summed E-state index contributed by atoms with van der Waals surface area (Å²) in [5.74, 6) is 2.30. The predicted molar refractivity (Wildman–Crippen MR) is 133 cm³/mol. The first-order valence-electron chi connectivity index (χ1n) is 11.4. The topological polar surface area (TPSA) is 15.3 Å². The molecule has 2 aromatic carbocycles. The van der Waals surface area contributed by atoms with Crippen LogP contribution in [0.15, 0.2) is 36.4 Å². The van der Waals surface area contributed by atoms with Gasteiger partial charge >= 0.3 is 0 Å². The molecule has 2 unspecified atom stereocenters. The fourth-order valence-corrected chi connectivity index (χ4v) is 6.08. The Labute approximate surface area is 180 Å². The van der Waals surface area contributed by atoms with Crippen molar-refractivity contribution in [3.8, 4) is 0 Å². The maximum absolute atomic E-state index is 3.92. The number of nitrogens with one attached hydrogen (secondary N) is 1. The summed E-state index contributed by atoms with van der Waals surface area (Å²) >= 11 is 0. The molecule has 0 spiro atoms. The van der Waals surface area contributed by atoms with E-state index in [0.717, 1.165) is 8.58 Å². The quantitative estimate of drug-likeness (QED) is 0.451. The minimum Gasteiger partial charge on any atom is -0.364 e. The second-order valence-electron chi connectivity index (χ2n) is 9.33. The van der Waals surface area contributed by atoms with Crippen LogP contribution in [-0.4, -0.2) is 12.3 Å². The van der Waals surface area contributed by atoms with E-state index in [1.54, 1.807) is 0 Å². The monoisotopic (exact) mass is 410 g/mol. The van der Waals surface area contributed by atoms with Crippen molar-refractivity contribution in [1.29, 1.82) is 0 Å². The van der Waals surface area contributed by atoms with Crippen LogP contribution in [0.5, 0.6) is 0 Å². The Kier molecular flexibility index (Phi) is 7.28. The van der Waals surface area contributed by atoms with E-state index in [1.165, 1.54) is 52.9 Å². The Bertz CT molecular complexity index is 799. The van der Waals surface area contributed by atoms with E-state index >= 15 is 0 Å². The lowest BCUT2D eigenvalue weighted by Crippen LogP contribution is -2.33. The number of fused-ring (bicyclic) bond motifs is 1. The number of nitrogens with zero attached hydrogens (tertiary/aromatic N) is 1. The molecule has 0 saturated carbocycles. The highest BCUT2D eigenvalue weighted by Gasteiger charge is 2.32. The van der Waals surface area contributed by atoms with Crippen LogP contribution in [0.3, 0.4) is 0 Å². The lowest BCUT2D eigenvalue weighted by molar-refractivity contribution is 0.564. The lowest BCUT2D eigenvalue weighted by Gasteiger charge is -2.30. The Balaban J connectivity index is 2.03. The van der Waals surface area contributed by atoms with Crippen molar-refractivity contribution in [2.75, 3.05) is 16.8 Å². The maximum atomic E-state index is 3.92. The number of para-hydroxylation sites is 1. The standard InChI is InChI=1S/C26H39N2P/c1-8-9-16-28-23-15-11-14-22(25(23)29-26(28)19(6)7)27-24-20(17(2)3)12-10-13-21(24)18(4)5/h10-15,17-19,26-27,29H,8-9,16H2,1-7H3. The van der Waals surface area contributed by atoms with E-state index in [1.807, 2.05) is 0 Å². The van der Waals surface area contributed by atoms with Crippen molar-refractivity contribution in [2.24, 2.45) is 5.92 Å². The summed E-state index contributed by atoms with van der Waals surface area (Å²) in [5.41, 5.74) is 6.91. The van der Waals surface area contributed by atoms with Crippen molar-refractivity contribution < 1.29 is 0 Å². The van der Waals surface area contributed by atoms with Gasteiger partial charge in [-0.3, -0.25) is 0 Å². The number of benzene rings is 2. The molecule has 0 amide bonds. The fraction of sp³-hybridized carbons (Fsp3) is 0.538. The predicted octanol–water partition coefficient (Wildman–Crippen LogP) is 7.58. The van der Waals surface area contributed by atoms with Gasteiger partial charge in [0.25, 0.3) is 0 Å². The summed E-state index contributed by atoms with van der Waals surface area (Å²) in [4.78, 5) is 2.69. The van der Waals surface area contributed by atoms with Crippen LogP contribution in [0.4, 0.5) is 17.1 Å². The molecule has 3 heteroatoms. The Morgan fingerprint density at radius 2 is 1.55 bits per heavy atom. The Hall–Kier alpha value is -1.53. The van der Waals surface area contributed by atoms with Gasteiger partial charge in [0.15, 0.2) is 0 Å². The van der Waals surface area contributed by atoms with Gasteiger partial charge in [-0.05, 0) is 47.4 Å². The molecule has 0 fully saturated rings. The minimum atomic E-state index is 0.500. The van der Waals surface area contributed by atoms with Crippen LogP contribution in [0.2, 0.25) is 0 Å². The average Bonchev–Trinajstić information content (AvgIpc) is 3.06. The van der Waals surface area contributed by atoms with Crippen LogP contribution in [0, 0.1) is 5.92 Å².